The highest BCUT2D eigenvalue weighted by Crippen LogP contribution is 2.22. The lowest BCUT2D eigenvalue weighted by atomic mass is 10.1. The molecule has 1 aromatic carbocycles. The van der Waals surface area contributed by atoms with Crippen LogP contribution >= 0.6 is 0 Å². The maximum Gasteiger partial charge on any atom is 0.324 e. The predicted molar refractivity (Wildman–Crippen MR) is 75.2 cm³/mol. The van der Waals surface area contributed by atoms with Crippen LogP contribution < -0.4 is 5.90 Å². The zero-order chi connectivity index (χ0) is 15.2. The number of carbonyl (C=O) groups excluding carboxylic acids is 2. The zero-order valence-corrected chi connectivity index (χ0v) is 11.8. The molecule has 112 valence electrons. The van der Waals surface area contributed by atoms with Gasteiger partial charge < -0.3 is 14.0 Å². The number of fused-ring (bicyclic) bond motifs is 1. The normalized spacial score (nSPS) is 10.6. The molecule has 0 aliphatic rings. The van der Waals surface area contributed by atoms with Crippen LogP contribution in [0.15, 0.2) is 28.7 Å². The number of benzene rings is 1. The summed E-state index contributed by atoms with van der Waals surface area (Å²) in [4.78, 5) is 26.2. The monoisotopic (exact) mass is 291 g/mol. The third kappa shape index (κ3) is 4.06. The summed E-state index contributed by atoms with van der Waals surface area (Å²) in [5.41, 5.74) is 1.77. The molecule has 2 rings (SSSR count). The highest BCUT2D eigenvalue weighted by molar-refractivity contribution is 5.79. The van der Waals surface area contributed by atoms with Crippen LogP contribution in [0, 0.1) is 0 Å². The van der Waals surface area contributed by atoms with Gasteiger partial charge in [0.1, 0.15) is 11.3 Å². The van der Waals surface area contributed by atoms with Gasteiger partial charge in [0.15, 0.2) is 0 Å². The molecule has 0 aliphatic carbocycles. The Kier molecular flexibility index (Phi) is 4.94. The minimum absolute atomic E-state index is 0.172. The zero-order valence-electron chi connectivity index (χ0n) is 11.8. The maximum atomic E-state index is 11.1. The molecule has 21 heavy (non-hydrogen) atoms. The summed E-state index contributed by atoms with van der Waals surface area (Å²) in [6, 6.07) is 7.60. The van der Waals surface area contributed by atoms with E-state index in [2.05, 4.69) is 9.57 Å². The van der Waals surface area contributed by atoms with Crippen molar-refractivity contribution in [2.24, 2.45) is 5.90 Å². The van der Waals surface area contributed by atoms with E-state index < -0.39 is 5.97 Å². The van der Waals surface area contributed by atoms with E-state index in [-0.39, 0.29) is 12.4 Å². The fraction of sp³-hybridized carbons (Fsp3) is 0.333. The summed E-state index contributed by atoms with van der Waals surface area (Å²) in [5, 5.41) is 0.938. The van der Waals surface area contributed by atoms with E-state index >= 15 is 0 Å². The van der Waals surface area contributed by atoms with Crippen LogP contribution in [0.25, 0.3) is 11.0 Å². The van der Waals surface area contributed by atoms with Crippen molar-refractivity contribution in [2.75, 3.05) is 7.11 Å². The van der Waals surface area contributed by atoms with Gasteiger partial charge in [-0.15, -0.1) is 0 Å². The summed E-state index contributed by atoms with van der Waals surface area (Å²) in [6.07, 6.45) is 1.56. The molecule has 2 N–H and O–H groups in total. The van der Waals surface area contributed by atoms with E-state index in [1.54, 1.807) is 0 Å². The average molecular weight is 291 g/mol. The van der Waals surface area contributed by atoms with E-state index in [4.69, 9.17) is 10.3 Å². The summed E-state index contributed by atoms with van der Waals surface area (Å²) >= 11 is 0. The highest BCUT2D eigenvalue weighted by Gasteiger charge is 2.09. The second-order valence-corrected chi connectivity index (χ2v) is 4.65. The van der Waals surface area contributed by atoms with Crippen molar-refractivity contribution < 1.29 is 23.6 Å². The summed E-state index contributed by atoms with van der Waals surface area (Å²) in [6.45, 7) is 0. The number of ether oxygens (including phenoxy) is 1. The summed E-state index contributed by atoms with van der Waals surface area (Å²) < 4.78 is 10.2. The SMILES string of the molecule is COC(=O)CCc1ccc2oc(CCC(=O)ON)cc2c1. The van der Waals surface area contributed by atoms with Crippen LogP contribution in [0.4, 0.5) is 0 Å². The van der Waals surface area contributed by atoms with Gasteiger partial charge in [0, 0.05) is 18.2 Å². The van der Waals surface area contributed by atoms with Gasteiger partial charge in [-0.3, -0.25) is 9.59 Å². The fourth-order valence-corrected chi connectivity index (χ4v) is 2.06. The highest BCUT2D eigenvalue weighted by atomic mass is 16.7. The summed E-state index contributed by atoms with van der Waals surface area (Å²) in [5.74, 6) is 4.77. The number of carbonyl (C=O) groups is 2. The number of aryl methyl sites for hydroxylation is 2. The molecule has 2 aromatic rings. The van der Waals surface area contributed by atoms with Crippen LogP contribution in [0.5, 0.6) is 0 Å². The number of methoxy groups -OCH3 is 1. The number of furan rings is 1. The molecular formula is C15H17NO5. The van der Waals surface area contributed by atoms with E-state index in [9.17, 15) is 9.59 Å². The molecular weight excluding hydrogens is 274 g/mol. The molecule has 0 saturated carbocycles. The first-order chi connectivity index (χ1) is 10.1. The second kappa shape index (κ2) is 6.90. The van der Waals surface area contributed by atoms with Gasteiger partial charge in [-0.2, -0.15) is 5.90 Å². The number of hydrogen-bond acceptors (Lipinski definition) is 6. The lowest BCUT2D eigenvalue weighted by Gasteiger charge is -2.00. The third-order valence-corrected chi connectivity index (χ3v) is 3.18. The minimum atomic E-state index is -0.478. The molecule has 0 atom stereocenters. The first-order valence-corrected chi connectivity index (χ1v) is 6.60. The van der Waals surface area contributed by atoms with Crippen molar-refractivity contribution in [2.45, 2.75) is 25.7 Å². The van der Waals surface area contributed by atoms with Gasteiger partial charge in [-0.05, 0) is 30.2 Å². The molecule has 0 aliphatic heterocycles. The molecule has 0 unspecified atom stereocenters. The standard InChI is InChI=1S/C15H17NO5/c1-19-14(17)6-3-10-2-5-13-11(8-10)9-12(20-13)4-7-15(18)21-16/h2,5,8-9H,3-4,6-7,16H2,1H3. The smallest absolute Gasteiger partial charge is 0.324 e. The lowest BCUT2D eigenvalue weighted by molar-refractivity contribution is -0.144. The molecule has 0 saturated heterocycles. The Balaban J connectivity index is 2.05. The van der Waals surface area contributed by atoms with Gasteiger partial charge in [0.05, 0.1) is 13.5 Å². The van der Waals surface area contributed by atoms with Crippen molar-refractivity contribution in [3.05, 3.63) is 35.6 Å². The van der Waals surface area contributed by atoms with Crippen LogP contribution in [0.2, 0.25) is 0 Å². The van der Waals surface area contributed by atoms with E-state index in [1.165, 1.54) is 7.11 Å². The molecule has 0 fully saturated rings. The Hall–Kier alpha value is -2.34. The second-order valence-electron chi connectivity index (χ2n) is 4.65. The van der Waals surface area contributed by atoms with Gasteiger partial charge >= 0.3 is 11.9 Å². The average Bonchev–Trinajstić information content (AvgIpc) is 2.92. The maximum absolute atomic E-state index is 11.1. The molecule has 0 amide bonds. The van der Waals surface area contributed by atoms with Gasteiger partial charge in [-0.1, -0.05) is 6.07 Å². The fourth-order valence-electron chi connectivity index (χ4n) is 2.06. The van der Waals surface area contributed by atoms with E-state index in [1.807, 2.05) is 24.3 Å². The third-order valence-electron chi connectivity index (χ3n) is 3.18. The van der Waals surface area contributed by atoms with Crippen LogP contribution in [0.3, 0.4) is 0 Å². The van der Waals surface area contributed by atoms with Gasteiger partial charge in [-0.25, -0.2) is 0 Å². The van der Waals surface area contributed by atoms with Crippen LogP contribution in [-0.2, 0) is 32.0 Å². The minimum Gasteiger partial charge on any atom is -0.469 e. The van der Waals surface area contributed by atoms with Crippen molar-refractivity contribution >= 4 is 22.9 Å². The Labute approximate surface area is 121 Å². The Morgan fingerprint density at radius 1 is 1.14 bits per heavy atom. The van der Waals surface area contributed by atoms with E-state index in [0.717, 1.165) is 16.5 Å². The number of rotatable bonds is 6. The molecule has 1 heterocycles. The Morgan fingerprint density at radius 3 is 2.62 bits per heavy atom. The topological polar surface area (TPSA) is 91.8 Å². The molecule has 6 heteroatoms. The number of esters is 1. The molecule has 0 radical (unpaired) electrons. The quantitative estimate of drug-likeness (QED) is 0.645. The van der Waals surface area contributed by atoms with Crippen LogP contribution in [-0.4, -0.2) is 19.0 Å². The predicted octanol–water partition coefficient (Wildman–Crippen LogP) is 1.89. The van der Waals surface area contributed by atoms with Crippen molar-refractivity contribution in [3.8, 4) is 0 Å². The molecule has 0 bridgehead atoms. The first kappa shape index (κ1) is 15.1. The van der Waals surface area contributed by atoms with Crippen molar-refractivity contribution in [1.29, 1.82) is 0 Å². The molecule has 6 nitrogen and oxygen atoms in total. The first-order valence-electron chi connectivity index (χ1n) is 6.60. The van der Waals surface area contributed by atoms with Gasteiger partial charge in [0.2, 0.25) is 0 Å². The Morgan fingerprint density at radius 2 is 1.90 bits per heavy atom. The van der Waals surface area contributed by atoms with Crippen molar-refractivity contribution in [1.82, 2.24) is 0 Å². The number of hydrogen-bond donors (Lipinski definition) is 1. The van der Waals surface area contributed by atoms with Crippen molar-refractivity contribution in [3.63, 3.8) is 0 Å². The number of nitrogens with two attached hydrogens (primary N) is 1. The summed E-state index contributed by atoms with van der Waals surface area (Å²) in [7, 11) is 1.38. The van der Waals surface area contributed by atoms with Crippen LogP contribution in [0.1, 0.15) is 24.2 Å². The van der Waals surface area contributed by atoms with E-state index in [0.29, 0.717) is 25.0 Å². The molecule has 1 aromatic heterocycles. The molecule has 0 spiro atoms. The Bertz CT molecular complexity index is 629. The largest absolute Gasteiger partial charge is 0.469 e. The lowest BCUT2D eigenvalue weighted by Crippen LogP contribution is -2.10. The van der Waals surface area contributed by atoms with Gasteiger partial charge in [0.25, 0.3) is 0 Å².